The highest BCUT2D eigenvalue weighted by atomic mass is 79.9. The molecule has 1 N–H and O–H groups in total. The second-order valence-corrected chi connectivity index (χ2v) is 5.90. The van der Waals surface area contributed by atoms with Gasteiger partial charge in [-0.2, -0.15) is 0 Å². The van der Waals surface area contributed by atoms with Crippen LogP contribution in [0.15, 0.2) is 22.7 Å². The highest BCUT2D eigenvalue weighted by molar-refractivity contribution is 9.10. The van der Waals surface area contributed by atoms with E-state index in [0.717, 1.165) is 36.2 Å². The number of hydrogen-bond acceptors (Lipinski definition) is 3. The van der Waals surface area contributed by atoms with Crippen molar-refractivity contribution in [3.8, 4) is 0 Å². The first-order valence-corrected chi connectivity index (χ1v) is 7.29. The third-order valence-electron chi connectivity index (χ3n) is 3.62. The van der Waals surface area contributed by atoms with Gasteiger partial charge in [0.2, 0.25) is 0 Å². The molecule has 1 aliphatic heterocycles. The Labute approximate surface area is 118 Å². The average Bonchev–Trinajstić information content (AvgIpc) is 2.38. The fourth-order valence-electron chi connectivity index (χ4n) is 2.36. The Morgan fingerprint density at radius 3 is 2.39 bits per heavy atom. The smallest absolute Gasteiger partial charge is 0.0692 e. The molecule has 1 aliphatic rings. The Hall–Kier alpha value is -0.580. The first-order chi connectivity index (χ1) is 8.61. The number of aliphatic hydroxyl groups excluding tert-OH is 1. The summed E-state index contributed by atoms with van der Waals surface area (Å²) in [4.78, 5) is 4.92. The van der Waals surface area contributed by atoms with Crippen molar-refractivity contribution in [2.24, 2.45) is 0 Å². The summed E-state index contributed by atoms with van der Waals surface area (Å²) in [6.07, 6.45) is 0. The minimum absolute atomic E-state index is 0.0853. The quantitative estimate of drug-likeness (QED) is 0.929. The van der Waals surface area contributed by atoms with Crippen LogP contribution in [0.25, 0.3) is 0 Å². The van der Waals surface area contributed by atoms with E-state index in [1.165, 1.54) is 5.69 Å². The molecule has 4 heteroatoms. The van der Waals surface area contributed by atoms with Gasteiger partial charge in [-0.25, -0.2) is 0 Å². The van der Waals surface area contributed by atoms with Crippen molar-refractivity contribution in [1.29, 1.82) is 0 Å². The predicted molar refractivity (Wildman–Crippen MR) is 79.0 cm³/mol. The summed E-state index contributed by atoms with van der Waals surface area (Å²) >= 11 is 3.51. The summed E-state index contributed by atoms with van der Waals surface area (Å²) in [5.74, 6) is 0. The number of piperazine rings is 1. The molecule has 1 fully saturated rings. The van der Waals surface area contributed by atoms with E-state index in [1.54, 1.807) is 0 Å². The number of anilines is 1. The van der Waals surface area contributed by atoms with Gasteiger partial charge in [-0.1, -0.05) is 22.0 Å². The van der Waals surface area contributed by atoms with Crippen LogP contribution in [0.2, 0.25) is 0 Å². The molecule has 0 amide bonds. The molecule has 0 saturated carbocycles. The molecule has 0 bridgehead atoms. The van der Waals surface area contributed by atoms with E-state index >= 15 is 0 Å². The number of nitrogens with zero attached hydrogens (tertiary/aromatic N) is 2. The molecular weight excluding hydrogens is 292 g/mol. The minimum Gasteiger partial charge on any atom is -0.392 e. The van der Waals surface area contributed by atoms with Crippen LogP contribution in [0.4, 0.5) is 5.69 Å². The van der Waals surface area contributed by atoms with Crippen molar-refractivity contribution in [3.05, 3.63) is 28.2 Å². The summed E-state index contributed by atoms with van der Waals surface area (Å²) in [6.45, 7) is 8.98. The number of aliphatic hydroxyl groups is 1. The standard InChI is InChI=1S/C14H21BrN2O/c1-11(2)16-5-7-17(8-6-16)13-4-3-12(10-18)14(15)9-13/h3-4,9,11,18H,5-8,10H2,1-2H3. The zero-order chi connectivity index (χ0) is 13.1. The van der Waals surface area contributed by atoms with Crippen molar-refractivity contribution in [3.63, 3.8) is 0 Å². The topological polar surface area (TPSA) is 26.7 Å². The van der Waals surface area contributed by atoms with Crippen LogP contribution in [0.3, 0.4) is 0 Å². The molecule has 0 aromatic heterocycles. The Balaban J connectivity index is 2.03. The molecule has 0 unspecified atom stereocenters. The lowest BCUT2D eigenvalue weighted by atomic mass is 10.2. The molecule has 3 nitrogen and oxygen atoms in total. The van der Waals surface area contributed by atoms with Crippen molar-refractivity contribution >= 4 is 21.6 Å². The first-order valence-electron chi connectivity index (χ1n) is 6.50. The largest absolute Gasteiger partial charge is 0.392 e. The van der Waals surface area contributed by atoms with E-state index in [1.807, 2.05) is 6.07 Å². The van der Waals surface area contributed by atoms with Crippen LogP contribution in [0.1, 0.15) is 19.4 Å². The normalized spacial score (nSPS) is 17.5. The Morgan fingerprint density at radius 1 is 1.22 bits per heavy atom. The Bertz CT molecular complexity index is 401. The van der Waals surface area contributed by atoms with Crippen LogP contribution < -0.4 is 4.90 Å². The number of rotatable bonds is 3. The lowest BCUT2D eigenvalue weighted by molar-refractivity contribution is 0.209. The monoisotopic (exact) mass is 312 g/mol. The summed E-state index contributed by atoms with van der Waals surface area (Å²) in [5, 5.41) is 9.17. The van der Waals surface area contributed by atoms with Gasteiger partial charge >= 0.3 is 0 Å². The second kappa shape index (κ2) is 6.04. The maximum atomic E-state index is 9.17. The van der Waals surface area contributed by atoms with Crippen LogP contribution in [0.5, 0.6) is 0 Å². The summed E-state index contributed by atoms with van der Waals surface area (Å²) < 4.78 is 0.994. The van der Waals surface area contributed by atoms with E-state index in [0.29, 0.717) is 6.04 Å². The summed E-state index contributed by atoms with van der Waals surface area (Å²) in [6, 6.07) is 6.84. The highest BCUT2D eigenvalue weighted by Gasteiger charge is 2.19. The molecule has 18 heavy (non-hydrogen) atoms. The average molecular weight is 313 g/mol. The van der Waals surface area contributed by atoms with E-state index in [9.17, 15) is 0 Å². The molecule has 0 aliphatic carbocycles. The fourth-order valence-corrected chi connectivity index (χ4v) is 2.85. The number of benzene rings is 1. The van der Waals surface area contributed by atoms with E-state index < -0.39 is 0 Å². The zero-order valence-electron chi connectivity index (χ0n) is 11.1. The van der Waals surface area contributed by atoms with Crippen molar-refractivity contribution in [2.75, 3.05) is 31.1 Å². The van der Waals surface area contributed by atoms with Gasteiger partial charge in [-0.05, 0) is 31.5 Å². The van der Waals surface area contributed by atoms with Gasteiger partial charge in [-0.15, -0.1) is 0 Å². The predicted octanol–water partition coefficient (Wildman–Crippen LogP) is 2.47. The van der Waals surface area contributed by atoms with Crippen molar-refractivity contribution < 1.29 is 5.11 Å². The number of hydrogen-bond donors (Lipinski definition) is 1. The number of halogens is 1. The SMILES string of the molecule is CC(C)N1CCN(c2ccc(CO)c(Br)c2)CC1. The van der Waals surface area contributed by atoms with Gasteiger partial charge < -0.3 is 10.0 Å². The van der Waals surface area contributed by atoms with Crippen LogP contribution in [-0.2, 0) is 6.61 Å². The fraction of sp³-hybridized carbons (Fsp3) is 0.571. The molecule has 1 aromatic carbocycles. The van der Waals surface area contributed by atoms with Crippen molar-refractivity contribution in [1.82, 2.24) is 4.90 Å². The van der Waals surface area contributed by atoms with E-state index in [-0.39, 0.29) is 6.61 Å². The Morgan fingerprint density at radius 2 is 1.89 bits per heavy atom. The second-order valence-electron chi connectivity index (χ2n) is 5.05. The van der Waals surface area contributed by atoms with Crippen LogP contribution in [0, 0.1) is 0 Å². The third-order valence-corrected chi connectivity index (χ3v) is 4.35. The lowest BCUT2D eigenvalue weighted by Crippen LogP contribution is -2.48. The molecule has 1 aromatic rings. The van der Waals surface area contributed by atoms with Gasteiger partial charge in [0.25, 0.3) is 0 Å². The molecule has 1 saturated heterocycles. The Kier molecular flexibility index (Phi) is 4.65. The molecule has 0 spiro atoms. The zero-order valence-corrected chi connectivity index (χ0v) is 12.7. The molecule has 0 radical (unpaired) electrons. The third kappa shape index (κ3) is 3.05. The molecule has 2 rings (SSSR count). The van der Waals surface area contributed by atoms with E-state index in [4.69, 9.17) is 5.11 Å². The maximum Gasteiger partial charge on any atom is 0.0692 e. The highest BCUT2D eigenvalue weighted by Crippen LogP contribution is 2.25. The van der Waals surface area contributed by atoms with Crippen LogP contribution in [-0.4, -0.2) is 42.2 Å². The maximum absolute atomic E-state index is 9.17. The first kappa shape index (κ1) is 13.8. The molecular formula is C14H21BrN2O. The van der Waals surface area contributed by atoms with Gasteiger partial charge in [-0.3, -0.25) is 4.90 Å². The minimum atomic E-state index is 0.0853. The van der Waals surface area contributed by atoms with Crippen molar-refractivity contribution in [2.45, 2.75) is 26.5 Å². The van der Waals surface area contributed by atoms with Gasteiger partial charge in [0.15, 0.2) is 0 Å². The summed E-state index contributed by atoms with van der Waals surface area (Å²) in [7, 11) is 0. The molecule has 100 valence electrons. The summed E-state index contributed by atoms with van der Waals surface area (Å²) in [5.41, 5.74) is 2.18. The molecule has 1 heterocycles. The van der Waals surface area contributed by atoms with Crippen LogP contribution >= 0.6 is 15.9 Å². The van der Waals surface area contributed by atoms with Gasteiger partial charge in [0, 0.05) is 42.4 Å². The van der Waals surface area contributed by atoms with E-state index in [2.05, 4.69) is 51.7 Å². The van der Waals surface area contributed by atoms with Gasteiger partial charge in [0.05, 0.1) is 6.61 Å². The molecule has 0 atom stereocenters. The lowest BCUT2D eigenvalue weighted by Gasteiger charge is -2.38. The van der Waals surface area contributed by atoms with Gasteiger partial charge in [0.1, 0.15) is 0 Å².